The van der Waals surface area contributed by atoms with Crippen LogP contribution >= 0.6 is 0 Å². The van der Waals surface area contributed by atoms with Crippen LogP contribution in [0.15, 0.2) is 54.6 Å². The molecule has 2 nitrogen and oxygen atoms in total. The molecule has 1 unspecified atom stereocenters. The third-order valence-electron chi connectivity index (χ3n) is 4.12. The number of nitrogens with zero attached hydrogens (tertiary/aromatic N) is 1. The lowest BCUT2D eigenvalue weighted by Crippen LogP contribution is -2.29. The van der Waals surface area contributed by atoms with Gasteiger partial charge >= 0.3 is 0 Å². The van der Waals surface area contributed by atoms with Crippen molar-refractivity contribution in [1.82, 2.24) is 0 Å². The van der Waals surface area contributed by atoms with Gasteiger partial charge in [0.15, 0.2) is 0 Å². The summed E-state index contributed by atoms with van der Waals surface area (Å²) in [5, 5.41) is 0. The Morgan fingerprint density at radius 2 is 1.67 bits per heavy atom. The summed E-state index contributed by atoms with van der Waals surface area (Å²) < 4.78 is 6.11. The van der Waals surface area contributed by atoms with Gasteiger partial charge in [-0.05, 0) is 43.9 Å². The van der Waals surface area contributed by atoms with Crippen molar-refractivity contribution in [2.75, 3.05) is 18.0 Å². The fourth-order valence-corrected chi connectivity index (χ4v) is 2.90. The monoisotopic (exact) mass is 281 g/mol. The smallest absolute Gasteiger partial charge is 0.122 e. The van der Waals surface area contributed by atoms with Crippen molar-refractivity contribution in [2.45, 2.75) is 32.3 Å². The van der Waals surface area contributed by atoms with Gasteiger partial charge in [-0.3, -0.25) is 0 Å². The highest BCUT2D eigenvalue weighted by Crippen LogP contribution is 2.27. The molecule has 0 aromatic heterocycles. The summed E-state index contributed by atoms with van der Waals surface area (Å²) in [5.74, 6) is 0.953. The number of hydrogen-bond acceptors (Lipinski definition) is 2. The van der Waals surface area contributed by atoms with Crippen LogP contribution in [0.2, 0.25) is 0 Å². The second kappa shape index (κ2) is 6.66. The zero-order chi connectivity index (χ0) is 14.5. The Bertz CT molecular complexity index is 561. The van der Waals surface area contributed by atoms with E-state index in [-0.39, 0.29) is 6.10 Å². The molecule has 0 amide bonds. The van der Waals surface area contributed by atoms with E-state index in [1.54, 1.807) is 0 Å². The fraction of sp³-hybridized carbons (Fsp3) is 0.368. The molecule has 2 aromatic carbocycles. The van der Waals surface area contributed by atoms with E-state index in [4.69, 9.17) is 4.74 Å². The molecular weight excluding hydrogens is 258 g/mol. The van der Waals surface area contributed by atoms with E-state index in [1.807, 2.05) is 12.1 Å². The number of anilines is 1. The van der Waals surface area contributed by atoms with E-state index in [9.17, 15) is 0 Å². The average molecular weight is 281 g/mol. The highest BCUT2D eigenvalue weighted by atomic mass is 16.5. The number of hydrogen-bond donors (Lipinski definition) is 0. The SMILES string of the molecule is CC(Oc1cccc(N2CCCCC2)c1)c1ccccc1. The maximum Gasteiger partial charge on any atom is 0.122 e. The van der Waals surface area contributed by atoms with Gasteiger partial charge in [-0.1, -0.05) is 36.4 Å². The van der Waals surface area contributed by atoms with Gasteiger partial charge in [-0.15, -0.1) is 0 Å². The standard InChI is InChI=1S/C19H23NO/c1-16(17-9-4-2-5-10-17)21-19-12-8-11-18(15-19)20-13-6-3-7-14-20/h2,4-5,8-12,15-16H,3,6-7,13-14H2,1H3. The summed E-state index contributed by atoms with van der Waals surface area (Å²) in [7, 11) is 0. The molecule has 0 radical (unpaired) electrons. The Morgan fingerprint density at radius 3 is 2.43 bits per heavy atom. The zero-order valence-electron chi connectivity index (χ0n) is 12.7. The summed E-state index contributed by atoms with van der Waals surface area (Å²) in [6, 6.07) is 18.9. The van der Waals surface area contributed by atoms with E-state index >= 15 is 0 Å². The van der Waals surface area contributed by atoms with Crippen LogP contribution in [0.3, 0.4) is 0 Å². The molecule has 1 saturated heterocycles. The van der Waals surface area contributed by atoms with Gasteiger partial charge in [0.05, 0.1) is 0 Å². The minimum atomic E-state index is 0.0720. The Kier molecular flexibility index (Phi) is 4.44. The van der Waals surface area contributed by atoms with Crippen LogP contribution in [0.25, 0.3) is 0 Å². The summed E-state index contributed by atoms with van der Waals surface area (Å²) in [6.07, 6.45) is 4.03. The molecule has 0 aliphatic carbocycles. The van der Waals surface area contributed by atoms with Gasteiger partial charge in [0, 0.05) is 24.8 Å². The second-order valence-electron chi connectivity index (χ2n) is 5.72. The Labute approximate surface area is 127 Å². The summed E-state index contributed by atoms with van der Waals surface area (Å²) in [5.41, 5.74) is 2.49. The summed E-state index contributed by atoms with van der Waals surface area (Å²) >= 11 is 0. The highest BCUT2D eigenvalue weighted by Gasteiger charge is 2.12. The van der Waals surface area contributed by atoms with Crippen molar-refractivity contribution >= 4 is 5.69 Å². The molecular formula is C19H23NO. The van der Waals surface area contributed by atoms with E-state index in [2.05, 4.69) is 54.3 Å². The number of benzene rings is 2. The van der Waals surface area contributed by atoms with Crippen LogP contribution in [0.1, 0.15) is 37.9 Å². The predicted molar refractivity (Wildman–Crippen MR) is 88.0 cm³/mol. The molecule has 3 rings (SSSR count). The van der Waals surface area contributed by atoms with Crippen LogP contribution in [0.5, 0.6) is 5.75 Å². The fourth-order valence-electron chi connectivity index (χ4n) is 2.90. The third-order valence-corrected chi connectivity index (χ3v) is 4.12. The minimum absolute atomic E-state index is 0.0720. The molecule has 21 heavy (non-hydrogen) atoms. The van der Waals surface area contributed by atoms with Gasteiger partial charge < -0.3 is 9.64 Å². The van der Waals surface area contributed by atoms with Crippen LogP contribution in [0.4, 0.5) is 5.69 Å². The van der Waals surface area contributed by atoms with Crippen molar-refractivity contribution in [1.29, 1.82) is 0 Å². The maximum absolute atomic E-state index is 6.11. The first-order valence-electron chi connectivity index (χ1n) is 7.89. The van der Waals surface area contributed by atoms with Crippen molar-refractivity contribution in [3.63, 3.8) is 0 Å². The average Bonchev–Trinajstić information content (AvgIpc) is 2.57. The van der Waals surface area contributed by atoms with Crippen molar-refractivity contribution in [3.8, 4) is 5.75 Å². The van der Waals surface area contributed by atoms with Crippen LogP contribution in [-0.4, -0.2) is 13.1 Å². The van der Waals surface area contributed by atoms with Gasteiger partial charge in [-0.25, -0.2) is 0 Å². The first-order valence-corrected chi connectivity index (χ1v) is 7.89. The van der Waals surface area contributed by atoms with Crippen LogP contribution in [0, 0.1) is 0 Å². The van der Waals surface area contributed by atoms with Gasteiger partial charge in [0.25, 0.3) is 0 Å². The van der Waals surface area contributed by atoms with Crippen LogP contribution < -0.4 is 9.64 Å². The number of rotatable bonds is 4. The van der Waals surface area contributed by atoms with Crippen molar-refractivity contribution < 1.29 is 4.74 Å². The molecule has 1 aliphatic heterocycles. The van der Waals surface area contributed by atoms with Crippen molar-refractivity contribution in [3.05, 3.63) is 60.2 Å². The maximum atomic E-state index is 6.11. The Morgan fingerprint density at radius 1 is 0.905 bits per heavy atom. The van der Waals surface area contributed by atoms with E-state index in [0.29, 0.717) is 0 Å². The molecule has 0 spiro atoms. The lowest BCUT2D eigenvalue weighted by molar-refractivity contribution is 0.227. The van der Waals surface area contributed by atoms with E-state index in [0.717, 1.165) is 18.8 Å². The van der Waals surface area contributed by atoms with Gasteiger partial charge in [-0.2, -0.15) is 0 Å². The molecule has 0 saturated carbocycles. The summed E-state index contributed by atoms with van der Waals surface area (Å²) in [4.78, 5) is 2.46. The molecule has 1 heterocycles. The summed E-state index contributed by atoms with van der Waals surface area (Å²) in [6.45, 7) is 4.43. The number of ether oxygens (including phenoxy) is 1. The zero-order valence-corrected chi connectivity index (χ0v) is 12.7. The van der Waals surface area contributed by atoms with Crippen LogP contribution in [-0.2, 0) is 0 Å². The molecule has 1 fully saturated rings. The molecule has 1 atom stereocenters. The van der Waals surface area contributed by atoms with E-state index < -0.39 is 0 Å². The van der Waals surface area contributed by atoms with Gasteiger partial charge in [0.2, 0.25) is 0 Å². The Hall–Kier alpha value is -1.96. The van der Waals surface area contributed by atoms with E-state index in [1.165, 1.54) is 30.5 Å². The molecule has 0 bridgehead atoms. The second-order valence-corrected chi connectivity index (χ2v) is 5.72. The largest absolute Gasteiger partial charge is 0.486 e. The van der Waals surface area contributed by atoms with Crippen molar-refractivity contribution in [2.24, 2.45) is 0 Å². The molecule has 2 aromatic rings. The predicted octanol–water partition coefficient (Wildman–Crippen LogP) is 4.82. The normalized spacial score (nSPS) is 16.5. The minimum Gasteiger partial charge on any atom is -0.486 e. The first-order chi connectivity index (χ1) is 10.3. The molecule has 2 heteroatoms. The first kappa shape index (κ1) is 14.0. The third kappa shape index (κ3) is 3.57. The number of piperidine rings is 1. The quantitative estimate of drug-likeness (QED) is 0.797. The van der Waals surface area contributed by atoms with Gasteiger partial charge in [0.1, 0.15) is 11.9 Å². The highest BCUT2D eigenvalue weighted by molar-refractivity contribution is 5.51. The molecule has 1 aliphatic rings. The topological polar surface area (TPSA) is 12.5 Å². The lowest BCUT2D eigenvalue weighted by Gasteiger charge is -2.29. The molecule has 110 valence electrons. The lowest BCUT2D eigenvalue weighted by atomic mass is 10.1. The Balaban J connectivity index is 1.71. The molecule has 0 N–H and O–H groups in total.